The van der Waals surface area contributed by atoms with E-state index in [4.69, 9.17) is 5.73 Å². The SMILES string of the molecule is Cc1nc(N)ccc1CNC(=O)[C@H](C)NC(=O)[C@H]1C[C@@H](c2cccc3ccccc23)CCN1. The second-order valence-corrected chi connectivity index (χ2v) is 8.73. The molecule has 0 saturated carbocycles. The number of carbonyl (C=O) groups excluding carboxylic acids is 2. The molecule has 2 heterocycles. The van der Waals surface area contributed by atoms with Gasteiger partial charge in [-0.25, -0.2) is 4.98 Å². The molecule has 7 nitrogen and oxygen atoms in total. The Morgan fingerprint density at radius 1 is 1.15 bits per heavy atom. The van der Waals surface area contributed by atoms with Gasteiger partial charge in [0, 0.05) is 12.2 Å². The fraction of sp³-hybridized carbons (Fsp3) is 0.346. The Hall–Kier alpha value is -3.45. The second-order valence-electron chi connectivity index (χ2n) is 8.73. The first kappa shape index (κ1) is 22.7. The van der Waals surface area contributed by atoms with Gasteiger partial charge in [0.15, 0.2) is 0 Å². The van der Waals surface area contributed by atoms with Crippen LogP contribution in [0.2, 0.25) is 0 Å². The molecular formula is C26H31N5O2. The third-order valence-corrected chi connectivity index (χ3v) is 6.41. The van der Waals surface area contributed by atoms with Crippen molar-refractivity contribution >= 4 is 28.4 Å². The van der Waals surface area contributed by atoms with Gasteiger partial charge in [0.1, 0.15) is 11.9 Å². The molecule has 0 bridgehead atoms. The third-order valence-electron chi connectivity index (χ3n) is 6.41. The normalized spacial score (nSPS) is 19.1. The third kappa shape index (κ3) is 5.31. The highest BCUT2D eigenvalue weighted by atomic mass is 16.2. The predicted molar refractivity (Wildman–Crippen MR) is 131 cm³/mol. The molecule has 0 unspecified atom stereocenters. The molecule has 0 spiro atoms. The highest BCUT2D eigenvalue weighted by molar-refractivity contribution is 5.90. The van der Waals surface area contributed by atoms with Crippen LogP contribution in [0.3, 0.4) is 0 Å². The van der Waals surface area contributed by atoms with E-state index in [2.05, 4.69) is 57.3 Å². The quantitative estimate of drug-likeness (QED) is 0.467. The van der Waals surface area contributed by atoms with Crippen LogP contribution < -0.4 is 21.7 Å². The van der Waals surface area contributed by atoms with Crippen molar-refractivity contribution < 1.29 is 9.59 Å². The van der Waals surface area contributed by atoms with E-state index in [9.17, 15) is 9.59 Å². The van der Waals surface area contributed by atoms with Crippen molar-refractivity contribution in [3.63, 3.8) is 0 Å². The van der Waals surface area contributed by atoms with Crippen LogP contribution in [-0.2, 0) is 16.1 Å². The van der Waals surface area contributed by atoms with Crippen LogP contribution in [-0.4, -0.2) is 35.4 Å². The average molecular weight is 446 g/mol. The van der Waals surface area contributed by atoms with E-state index >= 15 is 0 Å². The first-order valence-corrected chi connectivity index (χ1v) is 11.4. The monoisotopic (exact) mass is 445 g/mol. The van der Waals surface area contributed by atoms with E-state index in [-0.39, 0.29) is 17.9 Å². The number of nitrogens with zero attached hydrogens (tertiary/aromatic N) is 1. The van der Waals surface area contributed by atoms with Crippen LogP contribution in [0.25, 0.3) is 10.8 Å². The number of amides is 2. The first-order chi connectivity index (χ1) is 15.9. The number of rotatable bonds is 6. The summed E-state index contributed by atoms with van der Waals surface area (Å²) < 4.78 is 0. The second kappa shape index (κ2) is 10.0. The van der Waals surface area contributed by atoms with Crippen molar-refractivity contribution in [2.45, 2.75) is 51.2 Å². The summed E-state index contributed by atoms with van der Waals surface area (Å²) >= 11 is 0. The van der Waals surface area contributed by atoms with E-state index in [1.807, 2.05) is 19.1 Å². The van der Waals surface area contributed by atoms with E-state index < -0.39 is 6.04 Å². The standard InChI is InChI=1S/C26H31N5O2/c1-16-20(10-11-24(27)30-16)15-29-25(32)17(2)31-26(33)23-14-19(12-13-28-23)22-9-5-7-18-6-3-4-8-21(18)22/h3-11,17,19,23,28H,12-15H2,1-2H3,(H2,27,30)(H,29,32)(H,31,33)/t17-,19-,23+/m0/s1. The number of hydrogen-bond donors (Lipinski definition) is 4. The van der Waals surface area contributed by atoms with E-state index in [0.29, 0.717) is 24.7 Å². The summed E-state index contributed by atoms with van der Waals surface area (Å²) in [5.74, 6) is 0.358. The summed E-state index contributed by atoms with van der Waals surface area (Å²) in [6, 6.07) is 17.3. The van der Waals surface area contributed by atoms with Gasteiger partial charge in [-0.3, -0.25) is 9.59 Å². The van der Waals surface area contributed by atoms with Crippen molar-refractivity contribution in [1.29, 1.82) is 0 Å². The van der Waals surface area contributed by atoms with Gasteiger partial charge in [-0.05, 0) is 67.1 Å². The molecule has 5 N–H and O–H groups in total. The number of carbonyl (C=O) groups is 2. The topological polar surface area (TPSA) is 109 Å². The molecule has 2 amide bonds. The van der Waals surface area contributed by atoms with Gasteiger partial charge in [0.05, 0.1) is 6.04 Å². The van der Waals surface area contributed by atoms with E-state index in [1.165, 1.54) is 16.3 Å². The lowest BCUT2D eigenvalue weighted by atomic mass is 9.83. The summed E-state index contributed by atoms with van der Waals surface area (Å²) in [5, 5.41) is 11.5. The molecule has 1 aliphatic heterocycles. The Labute approximate surface area is 194 Å². The number of piperidine rings is 1. The Kier molecular flexibility index (Phi) is 6.89. The Morgan fingerprint density at radius 2 is 1.94 bits per heavy atom. The smallest absolute Gasteiger partial charge is 0.242 e. The molecule has 0 aliphatic carbocycles. The fourth-order valence-electron chi connectivity index (χ4n) is 4.52. The zero-order chi connectivity index (χ0) is 23.4. The van der Waals surface area contributed by atoms with Gasteiger partial charge in [0.25, 0.3) is 0 Å². The van der Waals surface area contributed by atoms with Gasteiger partial charge >= 0.3 is 0 Å². The van der Waals surface area contributed by atoms with Crippen molar-refractivity contribution in [3.8, 4) is 0 Å². The molecule has 2 aromatic carbocycles. The lowest BCUT2D eigenvalue weighted by Crippen LogP contribution is -2.53. The molecule has 33 heavy (non-hydrogen) atoms. The van der Waals surface area contributed by atoms with Crippen LogP contribution >= 0.6 is 0 Å². The first-order valence-electron chi connectivity index (χ1n) is 11.4. The zero-order valence-corrected chi connectivity index (χ0v) is 19.1. The van der Waals surface area contributed by atoms with Crippen LogP contribution in [0.15, 0.2) is 54.6 Å². The number of anilines is 1. The summed E-state index contributed by atoms with van der Waals surface area (Å²) in [6.07, 6.45) is 1.67. The maximum absolute atomic E-state index is 12.9. The Balaban J connectivity index is 1.35. The number of benzene rings is 2. The van der Waals surface area contributed by atoms with Crippen molar-refractivity contribution in [3.05, 3.63) is 71.4 Å². The average Bonchev–Trinajstić information content (AvgIpc) is 2.83. The van der Waals surface area contributed by atoms with Crippen molar-refractivity contribution in [2.24, 2.45) is 0 Å². The molecule has 7 heteroatoms. The molecule has 1 aliphatic rings. The van der Waals surface area contributed by atoms with Crippen LogP contribution in [0, 0.1) is 6.92 Å². The molecule has 3 aromatic rings. The number of pyridine rings is 1. The highest BCUT2D eigenvalue weighted by Crippen LogP contribution is 2.33. The number of fused-ring (bicyclic) bond motifs is 1. The van der Waals surface area contributed by atoms with Gasteiger partial charge in [-0.15, -0.1) is 0 Å². The molecule has 1 aromatic heterocycles. The molecule has 4 rings (SSSR count). The molecule has 3 atom stereocenters. The summed E-state index contributed by atoms with van der Waals surface area (Å²) in [4.78, 5) is 29.7. The fourth-order valence-corrected chi connectivity index (χ4v) is 4.52. The summed E-state index contributed by atoms with van der Waals surface area (Å²) in [6.45, 7) is 4.65. The van der Waals surface area contributed by atoms with Gasteiger partial charge in [-0.1, -0.05) is 48.5 Å². The minimum Gasteiger partial charge on any atom is -0.384 e. The molecule has 1 fully saturated rings. The molecule has 0 radical (unpaired) electrons. The van der Waals surface area contributed by atoms with E-state index in [0.717, 1.165) is 24.2 Å². The highest BCUT2D eigenvalue weighted by Gasteiger charge is 2.30. The lowest BCUT2D eigenvalue weighted by Gasteiger charge is -2.31. The van der Waals surface area contributed by atoms with Crippen LogP contribution in [0.4, 0.5) is 5.82 Å². The predicted octanol–water partition coefficient (Wildman–Crippen LogP) is 2.78. The maximum Gasteiger partial charge on any atom is 0.242 e. The Bertz CT molecular complexity index is 1160. The minimum absolute atomic E-state index is 0.145. The minimum atomic E-state index is -0.640. The number of nitrogens with one attached hydrogen (secondary N) is 3. The van der Waals surface area contributed by atoms with Crippen LogP contribution in [0.1, 0.15) is 42.5 Å². The van der Waals surface area contributed by atoms with Gasteiger partial charge in [0.2, 0.25) is 11.8 Å². The van der Waals surface area contributed by atoms with Gasteiger partial charge in [-0.2, -0.15) is 0 Å². The lowest BCUT2D eigenvalue weighted by molar-refractivity contribution is -0.130. The van der Waals surface area contributed by atoms with Crippen LogP contribution in [0.5, 0.6) is 0 Å². The summed E-state index contributed by atoms with van der Waals surface area (Å²) in [7, 11) is 0. The number of aryl methyl sites for hydroxylation is 1. The summed E-state index contributed by atoms with van der Waals surface area (Å²) in [5.41, 5.74) is 8.63. The largest absolute Gasteiger partial charge is 0.384 e. The number of aromatic nitrogens is 1. The maximum atomic E-state index is 12.9. The van der Waals surface area contributed by atoms with Gasteiger partial charge < -0.3 is 21.7 Å². The molecule has 172 valence electrons. The number of hydrogen-bond acceptors (Lipinski definition) is 5. The molecule has 1 saturated heterocycles. The number of nitrogens with two attached hydrogens (primary N) is 1. The molecular weight excluding hydrogens is 414 g/mol. The van der Waals surface area contributed by atoms with E-state index in [1.54, 1.807) is 13.0 Å². The van der Waals surface area contributed by atoms with Crippen molar-refractivity contribution in [1.82, 2.24) is 20.9 Å². The number of nitrogen functional groups attached to an aromatic ring is 1. The van der Waals surface area contributed by atoms with Crippen molar-refractivity contribution in [2.75, 3.05) is 12.3 Å². The Morgan fingerprint density at radius 3 is 2.76 bits per heavy atom. The zero-order valence-electron chi connectivity index (χ0n) is 19.1.